The van der Waals surface area contributed by atoms with Crippen LogP contribution in [0.25, 0.3) is 11.2 Å². The van der Waals surface area contributed by atoms with Crippen LogP contribution in [0.1, 0.15) is 12.8 Å². The first-order valence-electron chi connectivity index (χ1n) is 9.27. The van der Waals surface area contributed by atoms with Gasteiger partial charge in [-0.2, -0.15) is 0 Å². The van der Waals surface area contributed by atoms with Gasteiger partial charge in [-0.25, -0.2) is 19.7 Å². The lowest BCUT2D eigenvalue weighted by atomic mass is 9.96. The number of aldehydes is 1. The second kappa shape index (κ2) is 14.5. The second-order valence-electron chi connectivity index (χ2n) is 6.70. The molecule has 12 N–H and O–H groups in total. The number of aliphatic carboxylic acids is 3. The van der Waals surface area contributed by atoms with Crippen molar-refractivity contribution in [2.24, 2.45) is 0 Å². The van der Waals surface area contributed by atoms with E-state index < -0.39 is 67.4 Å². The van der Waals surface area contributed by atoms with E-state index >= 15 is 0 Å². The van der Waals surface area contributed by atoms with Crippen LogP contribution in [-0.4, -0.2) is 127 Å². The maximum atomic E-state index is 10.3. The maximum absolute atomic E-state index is 10.3. The van der Waals surface area contributed by atoms with E-state index in [1.807, 2.05) is 0 Å². The van der Waals surface area contributed by atoms with E-state index in [1.54, 1.807) is 0 Å². The molecule has 0 bridgehead atoms. The highest BCUT2D eigenvalue weighted by molar-refractivity contribution is 5.88. The van der Waals surface area contributed by atoms with Gasteiger partial charge in [0.05, 0.1) is 25.8 Å². The van der Waals surface area contributed by atoms with Gasteiger partial charge in [-0.15, -0.1) is 0 Å². The fourth-order valence-corrected chi connectivity index (χ4v) is 2.12. The normalized spacial score (nSPS) is 14.2. The summed E-state index contributed by atoms with van der Waals surface area (Å²) in [6, 6.07) is 0. The van der Waals surface area contributed by atoms with Crippen molar-refractivity contribution in [1.29, 1.82) is 0 Å². The number of aliphatic hydroxyl groups is 6. The minimum atomic E-state index is -2.74. The number of rotatable bonds is 10. The lowest BCUT2D eigenvalue weighted by molar-refractivity contribution is -0.170. The number of aliphatic hydroxyl groups excluding tert-OH is 5. The number of hydrogen-bond donors (Lipinski definition) is 11. The fourth-order valence-electron chi connectivity index (χ4n) is 2.12. The molecular formula is C17H25N5O13. The van der Waals surface area contributed by atoms with Crippen LogP contribution in [0, 0.1) is 0 Å². The van der Waals surface area contributed by atoms with E-state index in [0.29, 0.717) is 17.0 Å². The molecule has 0 saturated carbocycles. The number of imidazole rings is 1. The number of carboxylic acids is 3. The van der Waals surface area contributed by atoms with Crippen molar-refractivity contribution in [1.82, 2.24) is 19.9 Å². The second-order valence-corrected chi connectivity index (χ2v) is 6.70. The van der Waals surface area contributed by atoms with Gasteiger partial charge in [0, 0.05) is 0 Å². The third kappa shape index (κ3) is 10.3. The number of anilines is 1. The van der Waals surface area contributed by atoms with Crippen molar-refractivity contribution in [2.75, 3.05) is 12.3 Å². The largest absolute Gasteiger partial charge is 0.481 e. The Hall–Kier alpha value is -3.81. The number of H-pyrrole nitrogens is 1. The topological polar surface area (TPSA) is 331 Å². The smallest absolute Gasteiger partial charge is 0.336 e. The highest BCUT2D eigenvalue weighted by Gasteiger charge is 2.40. The Kier molecular flexibility index (Phi) is 12.9. The summed E-state index contributed by atoms with van der Waals surface area (Å²) in [7, 11) is 0. The molecule has 2 heterocycles. The molecule has 35 heavy (non-hydrogen) atoms. The van der Waals surface area contributed by atoms with Crippen LogP contribution in [0.15, 0.2) is 12.7 Å². The number of nitrogen functional groups attached to an aromatic ring is 1. The summed E-state index contributed by atoms with van der Waals surface area (Å²) in [5.74, 6) is -4.59. The van der Waals surface area contributed by atoms with E-state index in [2.05, 4.69) is 19.9 Å². The number of aromatic nitrogens is 4. The Morgan fingerprint density at radius 1 is 1.00 bits per heavy atom. The average molecular weight is 507 g/mol. The van der Waals surface area contributed by atoms with Gasteiger partial charge in [0.15, 0.2) is 23.4 Å². The van der Waals surface area contributed by atoms with Crippen molar-refractivity contribution in [3.8, 4) is 0 Å². The molecule has 0 fully saturated rings. The molecule has 0 aliphatic carbocycles. The molecule has 0 spiro atoms. The number of nitrogens with two attached hydrogens (primary N) is 1. The summed E-state index contributed by atoms with van der Waals surface area (Å²) in [5.41, 5.74) is 4.04. The highest BCUT2D eigenvalue weighted by Crippen LogP contribution is 2.15. The Morgan fingerprint density at radius 2 is 1.54 bits per heavy atom. The molecule has 2 rings (SSSR count). The number of aromatic amines is 1. The predicted octanol–water partition coefficient (Wildman–Crippen LogP) is -4.69. The van der Waals surface area contributed by atoms with Gasteiger partial charge in [0.2, 0.25) is 0 Å². The molecule has 0 saturated heterocycles. The van der Waals surface area contributed by atoms with E-state index in [0.717, 1.165) is 0 Å². The van der Waals surface area contributed by atoms with Gasteiger partial charge in [0.1, 0.15) is 36.3 Å². The summed E-state index contributed by atoms with van der Waals surface area (Å²) in [6.07, 6.45) is -6.20. The lowest BCUT2D eigenvalue weighted by Gasteiger charge is -2.22. The number of carbonyl (C=O) groups excluding carboxylic acids is 1. The van der Waals surface area contributed by atoms with Gasteiger partial charge in [-0.3, -0.25) is 9.59 Å². The minimum Gasteiger partial charge on any atom is -0.481 e. The molecule has 2 aromatic heterocycles. The zero-order valence-corrected chi connectivity index (χ0v) is 17.7. The maximum Gasteiger partial charge on any atom is 0.336 e. The Balaban J connectivity index is 0.000000498. The molecule has 4 atom stereocenters. The molecule has 18 heteroatoms. The standard InChI is InChI=1S/C6H8O7.C6H12O6.C5H5N5/c7-3(8)1-6(13,5(11)12)2-4(9)10;7-1-3(9)5(11)6(12)4(10)2-8;6-4-3-5(9-1-7-3)10-2-8-4/h13H,1-2H2,(H,7,8)(H,9,10)(H,11,12);1,3-6,8-12H,2H2;1-2H,(H3,6,7,8,9,10). The molecular weight excluding hydrogens is 482 g/mol. The molecule has 0 aromatic carbocycles. The van der Waals surface area contributed by atoms with Gasteiger partial charge < -0.3 is 61.5 Å². The third-order valence-corrected chi connectivity index (χ3v) is 3.96. The summed E-state index contributed by atoms with van der Waals surface area (Å²) in [4.78, 5) is 54.7. The first kappa shape index (κ1) is 31.2. The molecule has 2 aromatic rings. The molecule has 196 valence electrons. The Labute approximate surface area is 195 Å². The molecule has 0 radical (unpaired) electrons. The SMILES string of the molecule is Nc1ncnc2nc[nH]c12.O=C(O)CC(O)(CC(=O)O)C(=O)O.O=CC(O)C(O)C(O)C(O)CO. The zero-order chi connectivity index (χ0) is 27.3. The first-order chi connectivity index (χ1) is 16.2. The first-order valence-corrected chi connectivity index (χ1v) is 9.27. The molecule has 18 nitrogen and oxygen atoms in total. The van der Waals surface area contributed by atoms with Crippen molar-refractivity contribution in [3.05, 3.63) is 12.7 Å². The van der Waals surface area contributed by atoms with Gasteiger partial charge in [-0.1, -0.05) is 0 Å². The van der Waals surface area contributed by atoms with Crippen LogP contribution in [-0.2, 0) is 19.2 Å². The van der Waals surface area contributed by atoms with Crippen molar-refractivity contribution >= 4 is 41.2 Å². The van der Waals surface area contributed by atoms with E-state index in [9.17, 15) is 19.2 Å². The fraction of sp³-hybridized carbons (Fsp3) is 0.471. The average Bonchev–Trinajstić information content (AvgIpc) is 3.27. The van der Waals surface area contributed by atoms with Crippen LogP contribution in [0.3, 0.4) is 0 Å². The van der Waals surface area contributed by atoms with E-state index in [1.165, 1.54) is 12.7 Å². The highest BCUT2D eigenvalue weighted by atomic mass is 16.4. The van der Waals surface area contributed by atoms with Crippen molar-refractivity contribution in [3.63, 3.8) is 0 Å². The van der Waals surface area contributed by atoms with Crippen LogP contribution in [0.5, 0.6) is 0 Å². The van der Waals surface area contributed by atoms with Gasteiger partial charge >= 0.3 is 17.9 Å². The van der Waals surface area contributed by atoms with Crippen molar-refractivity contribution < 1.29 is 65.1 Å². The number of carboxylic acid groups (broad SMARTS) is 3. The van der Waals surface area contributed by atoms with Crippen LogP contribution >= 0.6 is 0 Å². The summed E-state index contributed by atoms with van der Waals surface area (Å²) in [6.45, 7) is -0.760. The van der Waals surface area contributed by atoms with E-state index in [-0.39, 0.29) is 6.29 Å². The predicted molar refractivity (Wildman–Crippen MR) is 110 cm³/mol. The number of nitrogens with one attached hydrogen (secondary N) is 1. The number of carbonyl (C=O) groups is 4. The van der Waals surface area contributed by atoms with Crippen molar-refractivity contribution in [2.45, 2.75) is 42.9 Å². The molecule has 0 aliphatic rings. The molecule has 4 unspecified atom stereocenters. The quantitative estimate of drug-likeness (QED) is 0.134. The van der Waals surface area contributed by atoms with Crippen LogP contribution in [0.2, 0.25) is 0 Å². The lowest BCUT2D eigenvalue weighted by Crippen LogP contribution is -2.46. The van der Waals surface area contributed by atoms with Gasteiger partial charge in [-0.05, 0) is 0 Å². The monoisotopic (exact) mass is 507 g/mol. The summed E-state index contributed by atoms with van der Waals surface area (Å²) in [5, 5.41) is 77.3. The molecule has 0 amide bonds. The van der Waals surface area contributed by atoms with Crippen LogP contribution in [0.4, 0.5) is 5.82 Å². The number of fused-ring (bicyclic) bond motifs is 1. The minimum absolute atomic E-state index is 0.0258. The Bertz CT molecular complexity index is 968. The van der Waals surface area contributed by atoms with Gasteiger partial charge in [0.25, 0.3) is 0 Å². The zero-order valence-electron chi connectivity index (χ0n) is 17.7. The Morgan fingerprint density at radius 3 is 1.94 bits per heavy atom. The third-order valence-electron chi connectivity index (χ3n) is 3.96. The number of nitrogens with zero attached hydrogens (tertiary/aromatic N) is 3. The van der Waals surface area contributed by atoms with Crippen LogP contribution < -0.4 is 5.73 Å². The van der Waals surface area contributed by atoms with E-state index in [4.69, 9.17) is 51.7 Å². The number of hydrogen-bond acceptors (Lipinski definition) is 14. The summed E-state index contributed by atoms with van der Waals surface area (Å²) >= 11 is 0. The molecule has 0 aliphatic heterocycles. The summed E-state index contributed by atoms with van der Waals surface area (Å²) < 4.78 is 0.